The quantitative estimate of drug-likeness (QED) is 0.827. The molecule has 0 aromatic heterocycles. The molecule has 1 aromatic rings. The Balaban J connectivity index is 2.01. The molecule has 0 aliphatic carbocycles. The van der Waals surface area contributed by atoms with Gasteiger partial charge in [-0.05, 0) is 37.2 Å². The molecule has 3 nitrogen and oxygen atoms in total. The Bertz CT molecular complexity index is 412. The molecule has 2 N–H and O–H groups in total. The van der Waals surface area contributed by atoms with Gasteiger partial charge in [-0.25, -0.2) is 0 Å². The Labute approximate surface area is 99.5 Å². The van der Waals surface area contributed by atoms with Crippen LogP contribution in [-0.4, -0.2) is 19.0 Å². The Kier molecular flexibility index (Phi) is 3.59. The molecule has 0 saturated carbocycles. The van der Waals surface area contributed by atoms with Gasteiger partial charge in [0.1, 0.15) is 0 Å². The molecule has 16 heavy (non-hydrogen) atoms. The minimum atomic E-state index is -0.0467. The fraction of sp³-hybridized carbons (Fsp3) is 0.250. The molecule has 0 unspecified atom stereocenters. The first-order chi connectivity index (χ1) is 7.75. The normalized spacial score (nSPS) is 15.4. The summed E-state index contributed by atoms with van der Waals surface area (Å²) < 4.78 is 0. The van der Waals surface area contributed by atoms with Crippen LogP contribution in [0, 0.1) is 0 Å². The number of hydrogen-bond donors (Lipinski definition) is 2. The standard InChI is InChI=1S/C12H13ClN2O/c13-10-3-5-11(6-4-10)15-12(16)9-2-1-7-14-8-9/h2-6,14H,1,7-8H2,(H,15,16). The van der Waals surface area contributed by atoms with E-state index in [0.717, 1.165) is 24.2 Å². The van der Waals surface area contributed by atoms with E-state index in [1.54, 1.807) is 24.3 Å². The summed E-state index contributed by atoms with van der Waals surface area (Å²) in [5, 5.41) is 6.66. The van der Waals surface area contributed by atoms with Crippen molar-refractivity contribution in [2.75, 3.05) is 18.4 Å². The summed E-state index contributed by atoms with van der Waals surface area (Å²) in [6.45, 7) is 1.58. The van der Waals surface area contributed by atoms with Gasteiger partial charge in [0.25, 0.3) is 5.91 Å². The highest BCUT2D eigenvalue weighted by atomic mass is 35.5. The molecule has 84 valence electrons. The topological polar surface area (TPSA) is 41.1 Å². The molecule has 2 rings (SSSR count). The van der Waals surface area contributed by atoms with Crippen LogP contribution in [0.25, 0.3) is 0 Å². The third-order valence-corrected chi connectivity index (χ3v) is 2.67. The highest BCUT2D eigenvalue weighted by molar-refractivity contribution is 6.30. The lowest BCUT2D eigenvalue weighted by Crippen LogP contribution is -2.28. The summed E-state index contributed by atoms with van der Waals surface area (Å²) >= 11 is 5.76. The Morgan fingerprint density at radius 2 is 2.06 bits per heavy atom. The second-order valence-corrected chi connectivity index (χ2v) is 4.09. The Morgan fingerprint density at radius 1 is 1.31 bits per heavy atom. The van der Waals surface area contributed by atoms with Crippen molar-refractivity contribution in [3.05, 3.63) is 40.9 Å². The number of carbonyl (C=O) groups excluding carboxylic acids is 1. The predicted molar refractivity (Wildman–Crippen MR) is 65.7 cm³/mol. The summed E-state index contributed by atoms with van der Waals surface area (Å²) in [5.74, 6) is -0.0467. The van der Waals surface area contributed by atoms with Gasteiger partial charge in [0.2, 0.25) is 0 Å². The van der Waals surface area contributed by atoms with Crippen LogP contribution in [0.4, 0.5) is 5.69 Å². The Hall–Kier alpha value is -1.32. The molecule has 1 amide bonds. The third-order valence-electron chi connectivity index (χ3n) is 2.42. The number of hydrogen-bond acceptors (Lipinski definition) is 2. The highest BCUT2D eigenvalue weighted by Gasteiger charge is 2.11. The molecule has 0 atom stereocenters. The largest absolute Gasteiger partial charge is 0.322 e. The van der Waals surface area contributed by atoms with Crippen LogP contribution in [0.15, 0.2) is 35.9 Å². The molecule has 0 saturated heterocycles. The second-order valence-electron chi connectivity index (χ2n) is 3.66. The number of nitrogens with one attached hydrogen (secondary N) is 2. The number of amides is 1. The van der Waals surface area contributed by atoms with E-state index in [0.29, 0.717) is 11.6 Å². The van der Waals surface area contributed by atoms with Crippen molar-refractivity contribution in [2.24, 2.45) is 0 Å². The van der Waals surface area contributed by atoms with Crippen molar-refractivity contribution >= 4 is 23.2 Å². The van der Waals surface area contributed by atoms with E-state index in [9.17, 15) is 4.79 Å². The summed E-state index contributed by atoms with van der Waals surface area (Å²) in [4.78, 5) is 11.8. The molecular formula is C12H13ClN2O. The molecule has 1 heterocycles. The molecule has 0 radical (unpaired) electrons. The molecule has 1 aliphatic rings. The van der Waals surface area contributed by atoms with Crippen LogP contribution in [0.5, 0.6) is 0 Å². The predicted octanol–water partition coefficient (Wildman–Crippen LogP) is 2.20. The molecule has 0 spiro atoms. The lowest BCUT2D eigenvalue weighted by atomic mass is 10.1. The SMILES string of the molecule is O=C(Nc1ccc(Cl)cc1)C1=CCCNC1. The van der Waals surface area contributed by atoms with Gasteiger partial charge in [0, 0.05) is 22.8 Å². The maximum Gasteiger partial charge on any atom is 0.252 e. The van der Waals surface area contributed by atoms with Crippen molar-refractivity contribution in [2.45, 2.75) is 6.42 Å². The van der Waals surface area contributed by atoms with Gasteiger partial charge in [-0.2, -0.15) is 0 Å². The molecule has 0 fully saturated rings. The molecular weight excluding hydrogens is 224 g/mol. The van der Waals surface area contributed by atoms with E-state index in [4.69, 9.17) is 11.6 Å². The van der Waals surface area contributed by atoms with E-state index in [2.05, 4.69) is 10.6 Å². The van der Waals surface area contributed by atoms with Gasteiger partial charge in [-0.1, -0.05) is 17.7 Å². The monoisotopic (exact) mass is 236 g/mol. The molecule has 4 heteroatoms. The fourth-order valence-corrected chi connectivity index (χ4v) is 1.69. The average Bonchev–Trinajstić information content (AvgIpc) is 2.33. The van der Waals surface area contributed by atoms with Crippen molar-refractivity contribution in [3.8, 4) is 0 Å². The van der Waals surface area contributed by atoms with Gasteiger partial charge in [0.15, 0.2) is 0 Å². The number of halogens is 1. The number of benzene rings is 1. The first kappa shape index (κ1) is 11.2. The van der Waals surface area contributed by atoms with Crippen molar-refractivity contribution in [1.82, 2.24) is 5.32 Å². The van der Waals surface area contributed by atoms with Crippen molar-refractivity contribution < 1.29 is 4.79 Å². The molecule has 1 aromatic carbocycles. The zero-order chi connectivity index (χ0) is 11.4. The van der Waals surface area contributed by atoms with Gasteiger partial charge in [-0.15, -0.1) is 0 Å². The van der Waals surface area contributed by atoms with E-state index in [-0.39, 0.29) is 5.91 Å². The summed E-state index contributed by atoms with van der Waals surface area (Å²) in [6.07, 6.45) is 2.88. The molecule has 0 bridgehead atoms. The second kappa shape index (κ2) is 5.14. The fourth-order valence-electron chi connectivity index (χ4n) is 1.56. The smallest absolute Gasteiger partial charge is 0.252 e. The number of rotatable bonds is 2. The summed E-state index contributed by atoms with van der Waals surface area (Å²) in [7, 11) is 0. The summed E-state index contributed by atoms with van der Waals surface area (Å²) in [6, 6.07) is 7.09. The zero-order valence-electron chi connectivity index (χ0n) is 8.79. The lowest BCUT2D eigenvalue weighted by Gasteiger charge is -2.14. The first-order valence-corrected chi connectivity index (χ1v) is 5.60. The third kappa shape index (κ3) is 2.84. The van der Waals surface area contributed by atoms with Crippen molar-refractivity contribution in [1.29, 1.82) is 0 Å². The number of carbonyl (C=O) groups is 1. The Morgan fingerprint density at radius 3 is 2.69 bits per heavy atom. The van der Waals surface area contributed by atoms with Crippen LogP contribution in [-0.2, 0) is 4.79 Å². The van der Waals surface area contributed by atoms with Gasteiger partial charge < -0.3 is 10.6 Å². The minimum Gasteiger partial charge on any atom is -0.322 e. The van der Waals surface area contributed by atoms with Gasteiger partial charge in [0.05, 0.1) is 0 Å². The van der Waals surface area contributed by atoms with E-state index >= 15 is 0 Å². The van der Waals surface area contributed by atoms with E-state index in [1.165, 1.54) is 0 Å². The van der Waals surface area contributed by atoms with Crippen LogP contribution in [0.2, 0.25) is 5.02 Å². The summed E-state index contributed by atoms with van der Waals surface area (Å²) in [5.41, 5.74) is 1.56. The van der Waals surface area contributed by atoms with Crippen molar-refractivity contribution in [3.63, 3.8) is 0 Å². The molecule has 1 aliphatic heterocycles. The maximum atomic E-state index is 11.8. The van der Waals surface area contributed by atoms with Crippen LogP contribution >= 0.6 is 11.6 Å². The van der Waals surface area contributed by atoms with Gasteiger partial charge in [-0.3, -0.25) is 4.79 Å². The van der Waals surface area contributed by atoms with E-state index < -0.39 is 0 Å². The lowest BCUT2D eigenvalue weighted by molar-refractivity contribution is -0.113. The minimum absolute atomic E-state index is 0.0467. The average molecular weight is 237 g/mol. The maximum absolute atomic E-state index is 11.8. The first-order valence-electron chi connectivity index (χ1n) is 5.22. The van der Waals surface area contributed by atoms with Crippen LogP contribution in [0.1, 0.15) is 6.42 Å². The van der Waals surface area contributed by atoms with Crippen LogP contribution < -0.4 is 10.6 Å². The van der Waals surface area contributed by atoms with Crippen LogP contribution in [0.3, 0.4) is 0 Å². The van der Waals surface area contributed by atoms with E-state index in [1.807, 2.05) is 6.08 Å². The number of anilines is 1. The highest BCUT2D eigenvalue weighted by Crippen LogP contribution is 2.14. The zero-order valence-corrected chi connectivity index (χ0v) is 9.55. The van der Waals surface area contributed by atoms with Gasteiger partial charge >= 0.3 is 0 Å².